The summed E-state index contributed by atoms with van der Waals surface area (Å²) in [5, 5.41) is 0. The maximum atomic E-state index is 6.11. The molecule has 0 aromatic carbocycles. The largest absolute Gasteiger partial charge is 0.374 e. The van der Waals surface area contributed by atoms with Crippen LogP contribution in [0.15, 0.2) is 0 Å². The van der Waals surface area contributed by atoms with Gasteiger partial charge in [-0.15, -0.1) is 0 Å². The first-order valence-electron chi connectivity index (χ1n) is 6.38. The quantitative estimate of drug-likeness (QED) is 0.378. The predicted octanol–water partition coefficient (Wildman–Crippen LogP) is 4.58. The normalized spacial score (nSPS) is 20.0. The van der Waals surface area contributed by atoms with Crippen molar-refractivity contribution in [1.29, 1.82) is 0 Å². The lowest BCUT2D eigenvalue weighted by Crippen LogP contribution is -2.31. The van der Waals surface area contributed by atoms with Crippen LogP contribution in [0.1, 0.15) is 58.8 Å². The standard InChI is InChI=1S/C13H25IO/c1-12(2)7-3-6-10-15-13(11-14)8-4-5-9-13/h12H,3-11H2,1-2H3. The van der Waals surface area contributed by atoms with Crippen LogP contribution in [0.5, 0.6) is 0 Å². The topological polar surface area (TPSA) is 9.23 Å². The third-order valence-corrected chi connectivity index (χ3v) is 4.73. The van der Waals surface area contributed by atoms with Gasteiger partial charge in [-0.3, -0.25) is 0 Å². The van der Waals surface area contributed by atoms with Crippen LogP contribution in [0.3, 0.4) is 0 Å². The van der Waals surface area contributed by atoms with Gasteiger partial charge in [-0.2, -0.15) is 0 Å². The Morgan fingerprint density at radius 3 is 2.40 bits per heavy atom. The van der Waals surface area contributed by atoms with Crippen molar-refractivity contribution in [3.63, 3.8) is 0 Å². The molecule has 1 rings (SSSR count). The van der Waals surface area contributed by atoms with Crippen molar-refractivity contribution < 1.29 is 4.74 Å². The fourth-order valence-electron chi connectivity index (χ4n) is 2.28. The summed E-state index contributed by atoms with van der Waals surface area (Å²) in [5.74, 6) is 0.843. The molecule has 2 heteroatoms. The SMILES string of the molecule is CC(C)CCCCOC1(CI)CCCC1. The molecule has 0 spiro atoms. The molecule has 0 atom stereocenters. The van der Waals surface area contributed by atoms with E-state index < -0.39 is 0 Å². The minimum absolute atomic E-state index is 0.262. The van der Waals surface area contributed by atoms with Crippen molar-refractivity contribution in [2.24, 2.45) is 5.92 Å². The Bertz CT molecular complexity index is 162. The summed E-state index contributed by atoms with van der Waals surface area (Å²) < 4.78 is 7.29. The Morgan fingerprint density at radius 1 is 1.20 bits per heavy atom. The lowest BCUT2D eigenvalue weighted by Gasteiger charge is -2.27. The second kappa shape index (κ2) is 7.10. The zero-order valence-corrected chi connectivity index (χ0v) is 12.4. The number of halogens is 1. The molecule has 0 aliphatic heterocycles. The molecule has 15 heavy (non-hydrogen) atoms. The molecule has 1 nitrogen and oxygen atoms in total. The Labute approximate surface area is 108 Å². The maximum absolute atomic E-state index is 6.11. The molecule has 0 aromatic rings. The van der Waals surface area contributed by atoms with E-state index in [9.17, 15) is 0 Å². The molecule has 0 N–H and O–H groups in total. The van der Waals surface area contributed by atoms with E-state index in [-0.39, 0.29) is 5.60 Å². The Kier molecular flexibility index (Phi) is 6.51. The molecule has 90 valence electrons. The van der Waals surface area contributed by atoms with E-state index in [1.165, 1.54) is 49.4 Å². The highest BCUT2D eigenvalue weighted by molar-refractivity contribution is 14.1. The van der Waals surface area contributed by atoms with E-state index in [1.807, 2.05) is 0 Å². The molecule has 0 bridgehead atoms. The van der Waals surface area contributed by atoms with E-state index in [1.54, 1.807) is 0 Å². The zero-order valence-electron chi connectivity index (χ0n) is 10.2. The Morgan fingerprint density at radius 2 is 1.87 bits per heavy atom. The van der Waals surface area contributed by atoms with Crippen LogP contribution >= 0.6 is 22.6 Å². The number of unbranched alkanes of at least 4 members (excludes halogenated alkanes) is 1. The van der Waals surface area contributed by atoms with Crippen molar-refractivity contribution in [3.05, 3.63) is 0 Å². The molecule has 0 amide bonds. The van der Waals surface area contributed by atoms with Crippen LogP contribution in [0.4, 0.5) is 0 Å². The summed E-state index contributed by atoms with van der Waals surface area (Å²) in [6.45, 7) is 5.57. The summed E-state index contributed by atoms with van der Waals surface area (Å²) in [6, 6.07) is 0. The monoisotopic (exact) mass is 324 g/mol. The van der Waals surface area contributed by atoms with Crippen molar-refractivity contribution in [2.45, 2.75) is 64.4 Å². The molecule has 0 saturated heterocycles. The molecular formula is C13H25IO. The molecule has 0 heterocycles. The molecule has 1 aliphatic carbocycles. The molecule has 1 saturated carbocycles. The van der Waals surface area contributed by atoms with E-state index in [4.69, 9.17) is 4.74 Å². The smallest absolute Gasteiger partial charge is 0.0771 e. The highest BCUT2D eigenvalue weighted by atomic mass is 127. The van der Waals surface area contributed by atoms with Crippen molar-refractivity contribution in [1.82, 2.24) is 0 Å². The summed E-state index contributed by atoms with van der Waals surface area (Å²) in [6.07, 6.45) is 9.25. The van der Waals surface area contributed by atoms with Gasteiger partial charge in [0.2, 0.25) is 0 Å². The Balaban J connectivity index is 2.07. The van der Waals surface area contributed by atoms with Gasteiger partial charge in [-0.1, -0.05) is 62.1 Å². The fourth-order valence-corrected chi connectivity index (χ4v) is 3.26. The van der Waals surface area contributed by atoms with Gasteiger partial charge in [0.25, 0.3) is 0 Å². The molecule has 1 aliphatic rings. The first-order valence-corrected chi connectivity index (χ1v) is 7.91. The molecular weight excluding hydrogens is 299 g/mol. The van der Waals surface area contributed by atoms with Gasteiger partial charge >= 0.3 is 0 Å². The molecule has 0 unspecified atom stereocenters. The van der Waals surface area contributed by atoms with E-state index >= 15 is 0 Å². The van der Waals surface area contributed by atoms with Gasteiger partial charge in [0.15, 0.2) is 0 Å². The first kappa shape index (κ1) is 13.8. The van der Waals surface area contributed by atoms with Crippen molar-refractivity contribution >= 4 is 22.6 Å². The number of ether oxygens (including phenoxy) is 1. The number of alkyl halides is 1. The minimum Gasteiger partial charge on any atom is -0.374 e. The highest BCUT2D eigenvalue weighted by Crippen LogP contribution is 2.35. The van der Waals surface area contributed by atoms with Crippen LogP contribution in [0.25, 0.3) is 0 Å². The van der Waals surface area contributed by atoms with E-state index in [2.05, 4.69) is 36.4 Å². The Hall–Kier alpha value is 0.690. The summed E-state index contributed by atoms with van der Waals surface area (Å²) in [7, 11) is 0. The van der Waals surface area contributed by atoms with Crippen LogP contribution in [-0.4, -0.2) is 16.6 Å². The second-order valence-electron chi connectivity index (χ2n) is 5.26. The van der Waals surface area contributed by atoms with Crippen molar-refractivity contribution in [2.75, 3.05) is 11.0 Å². The zero-order chi connectivity index (χ0) is 11.1. The van der Waals surface area contributed by atoms with Crippen LogP contribution in [0.2, 0.25) is 0 Å². The average molecular weight is 324 g/mol. The number of hydrogen-bond donors (Lipinski definition) is 0. The number of hydrogen-bond acceptors (Lipinski definition) is 1. The van der Waals surface area contributed by atoms with Crippen LogP contribution in [-0.2, 0) is 4.74 Å². The first-order chi connectivity index (χ1) is 7.18. The van der Waals surface area contributed by atoms with Crippen LogP contribution < -0.4 is 0 Å². The lowest BCUT2D eigenvalue weighted by atomic mass is 10.0. The third kappa shape index (κ3) is 5.03. The van der Waals surface area contributed by atoms with Gasteiger partial charge in [0.05, 0.1) is 5.60 Å². The van der Waals surface area contributed by atoms with Gasteiger partial charge in [-0.05, 0) is 25.2 Å². The maximum Gasteiger partial charge on any atom is 0.0771 e. The highest BCUT2D eigenvalue weighted by Gasteiger charge is 2.33. The predicted molar refractivity (Wildman–Crippen MR) is 74.7 cm³/mol. The fraction of sp³-hybridized carbons (Fsp3) is 1.00. The van der Waals surface area contributed by atoms with Crippen LogP contribution in [0, 0.1) is 5.92 Å². The second-order valence-corrected chi connectivity index (χ2v) is 6.02. The average Bonchev–Trinajstić information content (AvgIpc) is 2.66. The lowest BCUT2D eigenvalue weighted by molar-refractivity contribution is -0.0219. The molecule has 1 fully saturated rings. The third-order valence-electron chi connectivity index (χ3n) is 3.34. The van der Waals surface area contributed by atoms with E-state index in [0.29, 0.717) is 0 Å². The van der Waals surface area contributed by atoms with Gasteiger partial charge in [0.1, 0.15) is 0 Å². The van der Waals surface area contributed by atoms with Gasteiger partial charge in [-0.25, -0.2) is 0 Å². The summed E-state index contributed by atoms with van der Waals surface area (Å²) in [5.41, 5.74) is 0.262. The molecule has 0 radical (unpaired) electrons. The van der Waals surface area contributed by atoms with E-state index in [0.717, 1.165) is 12.5 Å². The van der Waals surface area contributed by atoms with Gasteiger partial charge in [0, 0.05) is 11.0 Å². The van der Waals surface area contributed by atoms with Crippen molar-refractivity contribution in [3.8, 4) is 0 Å². The number of rotatable bonds is 7. The minimum atomic E-state index is 0.262. The summed E-state index contributed by atoms with van der Waals surface area (Å²) >= 11 is 2.49. The van der Waals surface area contributed by atoms with Gasteiger partial charge < -0.3 is 4.74 Å². The molecule has 0 aromatic heterocycles. The summed E-state index contributed by atoms with van der Waals surface area (Å²) in [4.78, 5) is 0.